The zero-order chi connectivity index (χ0) is 21.7. The van der Waals surface area contributed by atoms with E-state index in [1.54, 1.807) is 17.2 Å². The second kappa shape index (κ2) is 10.3. The summed E-state index contributed by atoms with van der Waals surface area (Å²) in [6.07, 6.45) is 7.70. The Morgan fingerprint density at radius 2 is 2.07 bits per heavy atom. The van der Waals surface area contributed by atoms with E-state index >= 15 is 0 Å². The zero-order valence-electron chi connectivity index (χ0n) is 18.7. The predicted molar refractivity (Wildman–Crippen MR) is 117 cm³/mol. The Morgan fingerprint density at radius 1 is 1.33 bits per heavy atom. The number of rotatable bonds is 4. The molecule has 2 heterocycles. The summed E-state index contributed by atoms with van der Waals surface area (Å²) in [6.45, 7) is 5.11. The van der Waals surface area contributed by atoms with E-state index in [1.807, 2.05) is 21.0 Å². The van der Waals surface area contributed by atoms with Gasteiger partial charge in [0, 0.05) is 36.7 Å². The van der Waals surface area contributed by atoms with Gasteiger partial charge in [-0.3, -0.25) is 4.79 Å². The van der Waals surface area contributed by atoms with E-state index in [9.17, 15) is 9.90 Å². The monoisotopic (exact) mass is 413 g/mol. The number of amides is 1. The van der Waals surface area contributed by atoms with E-state index in [4.69, 9.17) is 4.74 Å². The lowest BCUT2D eigenvalue weighted by Crippen LogP contribution is -2.49. The van der Waals surface area contributed by atoms with Crippen LogP contribution in [0.2, 0.25) is 0 Å². The minimum atomic E-state index is -0.275. The van der Waals surface area contributed by atoms with Crippen LogP contribution in [-0.4, -0.2) is 71.7 Å². The molecule has 6 nitrogen and oxygen atoms in total. The van der Waals surface area contributed by atoms with Gasteiger partial charge < -0.3 is 19.6 Å². The first-order valence-electron chi connectivity index (χ1n) is 11.1. The standard InChI is InChI=1S/C24H35N3O3/c1-17-14-27(18(2)16-28)24(29)21-12-20(11-10-19-8-6-5-7-9-19)13-25-23(21)30-22(17)15-26(3)4/h12-13,17-19,22,28H,5-9,14-16H2,1-4H3/t17-,18-,22-/m1/s1. The Morgan fingerprint density at radius 3 is 2.73 bits per heavy atom. The van der Waals surface area contributed by atoms with E-state index < -0.39 is 0 Å². The van der Waals surface area contributed by atoms with Crippen LogP contribution >= 0.6 is 0 Å². The van der Waals surface area contributed by atoms with E-state index in [-0.39, 0.29) is 30.6 Å². The second-order valence-electron chi connectivity index (χ2n) is 9.07. The van der Waals surface area contributed by atoms with E-state index in [0.717, 1.165) is 24.9 Å². The molecular weight excluding hydrogens is 378 g/mol. The maximum absolute atomic E-state index is 13.4. The van der Waals surface area contributed by atoms with Crippen LogP contribution in [0.3, 0.4) is 0 Å². The summed E-state index contributed by atoms with van der Waals surface area (Å²) in [5, 5.41) is 9.72. The average molecular weight is 414 g/mol. The fraction of sp³-hybridized carbons (Fsp3) is 0.667. The van der Waals surface area contributed by atoms with Gasteiger partial charge in [-0.1, -0.05) is 38.0 Å². The number of carbonyl (C=O) groups is 1. The van der Waals surface area contributed by atoms with Crippen molar-refractivity contribution < 1.29 is 14.6 Å². The van der Waals surface area contributed by atoms with Gasteiger partial charge >= 0.3 is 0 Å². The molecule has 1 saturated carbocycles. The minimum absolute atomic E-state index is 0.0817. The molecule has 3 atom stereocenters. The first-order chi connectivity index (χ1) is 14.4. The van der Waals surface area contributed by atoms with Crippen LogP contribution in [0.4, 0.5) is 0 Å². The lowest BCUT2D eigenvalue weighted by atomic mass is 9.90. The fourth-order valence-corrected chi connectivity index (χ4v) is 4.18. The number of aromatic nitrogens is 1. The number of hydrogen-bond donors (Lipinski definition) is 1. The molecule has 1 N–H and O–H groups in total. The summed E-state index contributed by atoms with van der Waals surface area (Å²) in [4.78, 5) is 21.7. The molecule has 3 rings (SSSR count). The summed E-state index contributed by atoms with van der Waals surface area (Å²) in [6, 6.07) is 1.53. The highest BCUT2D eigenvalue weighted by Crippen LogP contribution is 2.27. The number of hydrogen-bond acceptors (Lipinski definition) is 5. The lowest BCUT2D eigenvalue weighted by molar-refractivity contribution is 0.0348. The van der Waals surface area contributed by atoms with Gasteiger partial charge in [0.2, 0.25) is 5.88 Å². The fourth-order valence-electron chi connectivity index (χ4n) is 4.18. The largest absolute Gasteiger partial charge is 0.472 e. The highest BCUT2D eigenvalue weighted by molar-refractivity contribution is 5.97. The molecule has 1 aromatic rings. The maximum atomic E-state index is 13.4. The van der Waals surface area contributed by atoms with Crippen LogP contribution in [0, 0.1) is 23.7 Å². The van der Waals surface area contributed by atoms with Gasteiger partial charge in [-0.05, 0) is 39.9 Å². The molecule has 0 bridgehead atoms. The molecule has 1 fully saturated rings. The van der Waals surface area contributed by atoms with Gasteiger partial charge in [-0.15, -0.1) is 0 Å². The zero-order valence-corrected chi connectivity index (χ0v) is 18.7. The van der Waals surface area contributed by atoms with Gasteiger partial charge in [0.25, 0.3) is 5.91 Å². The van der Waals surface area contributed by atoms with Gasteiger partial charge in [0.1, 0.15) is 11.7 Å². The van der Waals surface area contributed by atoms with Crippen molar-refractivity contribution in [1.29, 1.82) is 0 Å². The summed E-state index contributed by atoms with van der Waals surface area (Å²) < 4.78 is 6.23. The average Bonchev–Trinajstić information content (AvgIpc) is 2.74. The van der Waals surface area contributed by atoms with Gasteiger partial charge in [0.05, 0.1) is 12.6 Å². The topological polar surface area (TPSA) is 65.9 Å². The molecule has 0 spiro atoms. The molecule has 2 aliphatic rings. The van der Waals surface area contributed by atoms with Crippen molar-refractivity contribution in [2.75, 3.05) is 33.8 Å². The summed E-state index contributed by atoms with van der Waals surface area (Å²) >= 11 is 0. The van der Waals surface area contributed by atoms with E-state index in [2.05, 4.69) is 28.6 Å². The third-order valence-corrected chi connectivity index (χ3v) is 6.09. The van der Waals surface area contributed by atoms with Gasteiger partial charge in [0.15, 0.2) is 0 Å². The molecule has 1 aliphatic heterocycles. The van der Waals surface area contributed by atoms with Crippen molar-refractivity contribution in [1.82, 2.24) is 14.8 Å². The van der Waals surface area contributed by atoms with E-state index in [1.165, 1.54) is 19.3 Å². The Bertz CT molecular complexity index is 793. The number of aliphatic hydroxyl groups excluding tert-OH is 1. The van der Waals surface area contributed by atoms with Crippen molar-refractivity contribution in [3.05, 3.63) is 23.4 Å². The Balaban J connectivity index is 1.94. The van der Waals surface area contributed by atoms with Crippen molar-refractivity contribution in [3.63, 3.8) is 0 Å². The molecule has 1 aliphatic carbocycles. The number of nitrogens with zero attached hydrogens (tertiary/aromatic N) is 3. The van der Waals surface area contributed by atoms with Crippen molar-refractivity contribution >= 4 is 5.91 Å². The number of likely N-dealkylation sites (N-methyl/N-ethyl adjacent to an activating group) is 1. The first kappa shape index (κ1) is 22.6. The first-order valence-corrected chi connectivity index (χ1v) is 11.1. The van der Waals surface area contributed by atoms with Crippen LogP contribution in [-0.2, 0) is 0 Å². The van der Waals surface area contributed by atoms with Gasteiger partial charge in [-0.25, -0.2) is 4.98 Å². The number of ether oxygens (including phenoxy) is 1. The lowest BCUT2D eigenvalue weighted by Gasteiger charge is -2.37. The van der Waals surface area contributed by atoms with Crippen molar-refractivity contribution in [3.8, 4) is 17.7 Å². The molecule has 164 valence electrons. The molecular formula is C24H35N3O3. The Kier molecular flexibility index (Phi) is 7.74. The Labute approximate surface area is 180 Å². The number of carbonyl (C=O) groups excluding carboxylic acids is 1. The van der Waals surface area contributed by atoms with E-state index in [0.29, 0.717) is 23.9 Å². The quantitative estimate of drug-likeness (QED) is 0.769. The van der Waals surface area contributed by atoms with Crippen LogP contribution in [0.15, 0.2) is 12.3 Å². The number of pyridine rings is 1. The molecule has 0 radical (unpaired) electrons. The molecule has 30 heavy (non-hydrogen) atoms. The SMILES string of the molecule is C[C@@H]1CN([C@H](C)CO)C(=O)c2cc(C#CC3CCCCC3)cnc2O[C@@H]1CN(C)C. The molecule has 1 amide bonds. The summed E-state index contributed by atoms with van der Waals surface area (Å²) in [5.74, 6) is 7.35. The molecule has 1 aromatic heterocycles. The maximum Gasteiger partial charge on any atom is 0.259 e. The van der Waals surface area contributed by atoms with Crippen LogP contribution < -0.4 is 4.74 Å². The normalized spacial score (nSPS) is 23.7. The second-order valence-corrected chi connectivity index (χ2v) is 9.07. The van der Waals surface area contributed by atoms with Crippen molar-refractivity contribution in [2.45, 2.75) is 58.1 Å². The molecule has 6 heteroatoms. The Hall–Kier alpha value is -2.10. The molecule has 0 saturated heterocycles. The predicted octanol–water partition coefficient (Wildman–Crippen LogP) is 2.80. The molecule has 0 aromatic carbocycles. The third kappa shape index (κ3) is 5.53. The summed E-state index contributed by atoms with van der Waals surface area (Å²) in [7, 11) is 4.01. The number of fused-ring (bicyclic) bond motifs is 1. The highest BCUT2D eigenvalue weighted by atomic mass is 16.5. The van der Waals surface area contributed by atoms with Crippen LogP contribution in [0.5, 0.6) is 5.88 Å². The van der Waals surface area contributed by atoms with Crippen molar-refractivity contribution in [2.24, 2.45) is 11.8 Å². The van der Waals surface area contributed by atoms with Gasteiger partial charge in [-0.2, -0.15) is 0 Å². The van der Waals surface area contributed by atoms with Crippen LogP contribution in [0.25, 0.3) is 0 Å². The third-order valence-electron chi connectivity index (χ3n) is 6.09. The van der Waals surface area contributed by atoms with Crippen LogP contribution in [0.1, 0.15) is 61.9 Å². The highest BCUT2D eigenvalue weighted by Gasteiger charge is 2.33. The summed E-state index contributed by atoms with van der Waals surface area (Å²) in [5.41, 5.74) is 1.17. The minimum Gasteiger partial charge on any atom is -0.472 e. The molecule has 0 unspecified atom stereocenters. The smallest absolute Gasteiger partial charge is 0.259 e. The number of aliphatic hydroxyl groups is 1.